The molecule has 0 aromatic carbocycles. The molecule has 0 radical (unpaired) electrons. The van der Waals surface area contributed by atoms with E-state index in [1.54, 1.807) is 13.0 Å². The summed E-state index contributed by atoms with van der Waals surface area (Å²) in [6, 6.07) is 1.48. The summed E-state index contributed by atoms with van der Waals surface area (Å²) >= 11 is 1.25. The average Bonchev–Trinajstić information content (AvgIpc) is 3.23. The maximum Gasteiger partial charge on any atom is 0.307 e. The molecule has 1 unspecified atom stereocenters. The highest BCUT2D eigenvalue weighted by atomic mass is 32.1. The van der Waals surface area contributed by atoms with Crippen LogP contribution in [-0.2, 0) is 14.3 Å². The topological polar surface area (TPSA) is 84.5 Å². The maximum atomic E-state index is 12.2. The molecule has 0 spiro atoms. The first-order valence-corrected chi connectivity index (χ1v) is 8.01. The molecule has 0 saturated heterocycles. The zero-order valence-electron chi connectivity index (χ0n) is 12.9. The molecule has 22 heavy (non-hydrogen) atoms. The fraction of sp³-hybridized carbons (Fsp3) is 0.533. The van der Waals surface area contributed by atoms with E-state index in [0.29, 0.717) is 9.88 Å². The molecule has 1 aliphatic carbocycles. The van der Waals surface area contributed by atoms with Gasteiger partial charge < -0.3 is 15.4 Å². The van der Waals surface area contributed by atoms with Crippen molar-refractivity contribution < 1.29 is 19.1 Å². The summed E-state index contributed by atoms with van der Waals surface area (Å²) in [6.07, 6.45) is 2.00. The van der Waals surface area contributed by atoms with Crippen molar-refractivity contribution >= 4 is 34.1 Å². The van der Waals surface area contributed by atoms with E-state index in [1.165, 1.54) is 18.4 Å². The Kier molecular flexibility index (Phi) is 5.18. The molecule has 6 nitrogen and oxygen atoms in total. The standard InChI is InChI=1S/C15H20N2O4S/c1-8-6-11(17-14(19)10-4-5-10)22-13(8)15(20)16-9(2)7-12(18)21-3/h6,9-10H,4-5,7H2,1-3H3,(H,16,20)(H,17,19). The summed E-state index contributed by atoms with van der Waals surface area (Å²) < 4.78 is 4.57. The average molecular weight is 324 g/mol. The van der Waals surface area contributed by atoms with Crippen LogP contribution in [-0.4, -0.2) is 30.9 Å². The van der Waals surface area contributed by atoms with Gasteiger partial charge in [0.25, 0.3) is 5.91 Å². The van der Waals surface area contributed by atoms with Gasteiger partial charge in [-0.05, 0) is 38.3 Å². The Labute approximate surface area is 133 Å². The van der Waals surface area contributed by atoms with Gasteiger partial charge in [0.05, 0.1) is 23.4 Å². The number of hydrogen-bond donors (Lipinski definition) is 2. The van der Waals surface area contributed by atoms with Crippen molar-refractivity contribution in [2.45, 2.75) is 39.2 Å². The van der Waals surface area contributed by atoms with Crippen LogP contribution in [0.1, 0.15) is 41.4 Å². The normalized spacial score (nSPS) is 15.0. The molecule has 1 aromatic rings. The van der Waals surface area contributed by atoms with E-state index in [4.69, 9.17) is 0 Å². The summed E-state index contributed by atoms with van der Waals surface area (Å²) in [5.41, 5.74) is 0.805. The Hall–Kier alpha value is -1.89. The molecule has 0 aliphatic heterocycles. The monoisotopic (exact) mass is 324 g/mol. The lowest BCUT2D eigenvalue weighted by Gasteiger charge is -2.12. The maximum absolute atomic E-state index is 12.2. The van der Waals surface area contributed by atoms with Crippen molar-refractivity contribution in [3.05, 3.63) is 16.5 Å². The van der Waals surface area contributed by atoms with Gasteiger partial charge >= 0.3 is 5.97 Å². The number of esters is 1. The number of thiophene rings is 1. The van der Waals surface area contributed by atoms with Gasteiger partial charge in [-0.25, -0.2) is 0 Å². The third-order valence-electron chi connectivity index (χ3n) is 3.40. The lowest BCUT2D eigenvalue weighted by Crippen LogP contribution is -2.34. The molecular weight excluding hydrogens is 304 g/mol. The highest BCUT2D eigenvalue weighted by Gasteiger charge is 2.30. The van der Waals surface area contributed by atoms with Crippen LogP contribution in [0.5, 0.6) is 0 Å². The summed E-state index contributed by atoms with van der Waals surface area (Å²) in [5, 5.41) is 6.28. The second-order valence-corrected chi connectivity index (χ2v) is 6.59. The second kappa shape index (κ2) is 6.91. The quantitative estimate of drug-likeness (QED) is 0.785. The number of methoxy groups -OCH3 is 1. The summed E-state index contributed by atoms with van der Waals surface area (Å²) in [5.74, 6) is -0.467. The predicted octanol–water partition coefficient (Wildman–Crippen LogP) is 2.09. The van der Waals surface area contributed by atoms with Crippen LogP contribution >= 0.6 is 11.3 Å². The number of amides is 2. The molecule has 7 heteroatoms. The fourth-order valence-corrected chi connectivity index (χ4v) is 2.99. The number of rotatable bonds is 6. The lowest BCUT2D eigenvalue weighted by molar-refractivity contribution is -0.141. The molecule has 1 aromatic heterocycles. The third kappa shape index (κ3) is 4.30. The molecule has 2 amide bonds. The first kappa shape index (κ1) is 16.5. The Morgan fingerprint density at radius 2 is 2.09 bits per heavy atom. The van der Waals surface area contributed by atoms with Crippen LogP contribution in [0, 0.1) is 12.8 Å². The number of carbonyl (C=O) groups excluding carboxylic acids is 3. The molecule has 2 rings (SSSR count). The van der Waals surface area contributed by atoms with Gasteiger partial charge in [-0.3, -0.25) is 14.4 Å². The van der Waals surface area contributed by atoms with Gasteiger partial charge in [-0.2, -0.15) is 0 Å². The molecular formula is C15H20N2O4S. The van der Waals surface area contributed by atoms with Gasteiger partial charge in [0.15, 0.2) is 0 Å². The van der Waals surface area contributed by atoms with Crippen molar-refractivity contribution in [2.75, 3.05) is 12.4 Å². The van der Waals surface area contributed by atoms with Crippen LogP contribution in [0.3, 0.4) is 0 Å². The Morgan fingerprint density at radius 1 is 1.41 bits per heavy atom. The van der Waals surface area contributed by atoms with Crippen LogP contribution in [0.2, 0.25) is 0 Å². The van der Waals surface area contributed by atoms with E-state index in [2.05, 4.69) is 15.4 Å². The highest BCUT2D eigenvalue weighted by molar-refractivity contribution is 7.18. The summed E-state index contributed by atoms with van der Waals surface area (Å²) in [7, 11) is 1.31. The minimum Gasteiger partial charge on any atom is -0.469 e. The van der Waals surface area contributed by atoms with Gasteiger partial charge in [-0.1, -0.05) is 0 Å². The molecule has 1 aliphatic rings. The van der Waals surface area contributed by atoms with E-state index < -0.39 is 0 Å². The number of anilines is 1. The van der Waals surface area contributed by atoms with Gasteiger partial charge in [-0.15, -0.1) is 11.3 Å². The number of aryl methyl sites for hydroxylation is 1. The minimum absolute atomic E-state index is 0.0206. The zero-order chi connectivity index (χ0) is 16.3. The fourth-order valence-electron chi connectivity index (χ4n) is 2.01. The van der Waals surface area contributed by atoms with Crippen LogP contribution in [0.25, 0.3) is 0 Å². The number of carbonyl (C=O) groups is 3. The van der Waals surface area contributed by atoms with E-state index in [9.17, 15) is 14.4 Å². The Bertz CT molecular complexity index is 592. The molecule has 120 valence electrons. The first-order valence-electron chi connectivity index (χ1n) is 7.19. The summed E-state index contributed by atoms with van der Waals surface area (Å²) in [4.78, 5) is 35.7. The van der Waals surface area contributed by atoms with Gasteiger partial charge in [0.1, 0.15) is 0 Å². The Morgan fingerprint density at radius 3 is 2.68 bits per heavy atom. The van der Waals surface area contributed by atoms with Gasteiger partial charge in [0.2, 0.25) is 5.91 Å². The van der Waals surface area contributed by atoms with Crippen LogP contribution < -0.4 is 10.6 Å². The lowest BCUT2D eigenvalue weighted by atomic mass is 10.2. The van der Waals surface area contributed by atoms with E-state index in [1.807, 2.05) is 6.92 Å². The van der Waals surface area contributed by atoms with E-state index in [0.717, 1.165) is 18.4 Å². The minimum atomic E-state index is -0.368. The molecule has 1 heterocycles. The smallest absolute Gasteiger partial charge is 0.307 e. The first-order chi connectivity index (χ1) is 10.4. The molecule has 1 fully saturated rings. The predicted molar refractivity (Wildman–Crippen MR) is 84.0 cm³/mol. The number of hydrogen-bond acceptors (Lipinski definition) is 5. The largest absolute Gasteiger partial charge is 0.469 e. The molecule has 2 N–H and O–H groups in total. The van der Waals surface area contributed by atoms with E-state index >= 15 is 0 Å². The summed E-state index contributed by atoms with van der Waals surface area (Å²) in [6.45, 7) is 3.57. The molecule has 1 saturated carbocycles. The van der Waals surface area contributed by atoms with Crippen molar-refractivity contribution in [1.82, 2.24) is 5.32 Å². The van der Waals surface area contributed by atoms with Crippen molar-refractivity contribution in [2.24, 2.45) is 5.92 Å². The van der Waals surface area contributed by atoms with Crippen LogP contribution in [0.4, 0.5) is 5.00 Å². The SMILES string of the molecule is COC(=O)CC(C)NC(=O)c1sc(NC(=O)C2CC2)cc1C. The van der Waals surface area contributed by atoms with Crippen molar-refractivity contribution in [1.29, 1.82) is 0 Å². The molecule has 0 bridgehead atoms. The third-order valence-corrected chi connectivity index (χ3v) is 4.55. The van der Waals surface area contributed by atoms with Gasteiger partial charge in [0, 0.05) is 12.0 Å². The Balaban J connectivity index is 1.95. The van der Waals surface area contributed by atoms with E-state index in [-0.39, 0.29) is 36.2 Å². The van der Waals surface area contributed by atoms with Crippen molar-refractivity contribution in [3.8, 4) is 0 Å². The zero-order valence-corrected chi connectivity index (χ0v) is 13.7. The highest BCUT2D eigenvalue weighted by Crippen LogP contribution is 2.32. The number of nitrogens with one attached hydrogen (secondary N) is 2. The second-order valence-electron chi connectivity index (χ2n) is 5.54. The molecule has 1 atom stereocenters. The number of ether oxygens (including phenoxy) is 1. The van der Waals surface area contributed by atoms with Crippen LogP contribution in [0.15, 0.2) is 6.07 Å². The van der Waals surface area contributed by atoms with Crippen molar-refractivity contribution in [3.63, 3.8) is 0 Å².